The largest absolute Gasteiger partial charge is 0.309 e. The number of nitrogens with zero attached hydrogens (tertiary/aromatic N) is 3. The van der Waals surface area contributed by atoms with Gasteiger partial charge in [0.15, 0.2) is 5.82 Å². The van der Waals surface area contributed by atoms with E-state index in [0.717, 1.165) is 39.0 Å². The van der Waals surface area contributed by atoms with Gasteiger partial charge in [-0.3, -0.25) is 0 Å². The molecule has 3 heteroatoms. The molecule has 3 nitrogen and oxygen atoms in total. The van der Waals surface area contributed by atoms with Crippen molar-refractivity contribution in [2.75, 3.05) is 0 Å². The first-order valence-electron chi connectivity index (χ1n) is 19.4. The van der Waals surface area contributed by atoms with Gasteiger partial charge >= 0.3 is 0 Å². The number of hydrogen-bond acceptors (Lipinski definition) is 2. The van der Waals surface area contributed by atoms with Gasteiger partial charge in [0.05, 0.1) is 28.1 Å². The van der Waals surface area contributed by atoms with E-state index >= 15 is 0 Å². The molecular formula is C54H35N3. The lowest BCUT2D eigenvalue weighted by atomic mass is 9.90. The topological polar surface area (TPSA) is 30.7 Å². The van der Waals surface area contributed by atoms with E-state index in [2.05, 4.69) is 205 Å². The van der Waals surface area contributed by atoms with E-state index in [4.69, 9.17) is 9.97 Å². The maximum absolute atomic E-state index is 5.28. The van der Waals surface area contributed by atoms with Crippen LogP contribution in [0.2, 0.25) is 0 Å². The van der Waals surface area contributed by atoms with E-state index in [-0.39, 0.29) is 0 Å². The van der Waals surface area contributed by atoms with Gasteiger partial charge in [0.25, 0.3) is 0 Å². The fourth-order valence-corrected chi connectivity index (χ4v) is 8.57. The predicted octanol–water partition coefficient (Wildman–Crippen LogP) is 14.2. The molecule has 11 aromatic rings. The minimum absolute atomic E-state index is 0.700. The summed E-state index contributed by atoms with van der Waals surface area (Å²) >= 11 is 0. The molecule has 11 rings (SSSR count). The van der Waals surface area contributed by atoms with Gasteiger partial charge in [0.2, 0.25) is 0 Å². The zero-order valence-electron chi connectivity index (χ0n) is 31.0. The maximum atomic E-state index is 5.28. The van der Waals surface area contributed by atoms with Crippen LogP contribution >= 0.6 is 0 Å². The molecule has 266 valence electrons. The average molecular weight is 726 g/mol. The Morgan fingerprint density at radius 1 is 0.281 bits per heavy atom. The predicted molar refractivity (Wildman–Crippen MR) is 239 cm³/mol. The summed E-state index contributed by atoms with van der Waals surface area (Å²) in [5.41, 5.74) is 13.2. The number of aromatic nitrogens is 3. The zero-order valence-corrected chi connectivity index (χ0v) is 31.0. The number of benzene rings is 9. The molecule has 0 aliphatic rings. The minimum atomic E-state index is 0.700. The van der Waals surface area contributed by atoms with Crippen molar-refractivity contribution in [1.82, 2.24) is 14.5 Å². The van der Waals surface area contributed by atoms with Crippen LogP contribution in [-0.4, -0.2) is 14.5 Å². The molecule has 0 unspecified atom stereocenters. The summed E-state index contributed by atoms with van der Waals surface area (Å²) in [5, 5.41) is 7.27. The van der Waals surface area contributed by atoms with Gasteiger partial charge < -0.3 is 4.57 Å². The molecule has 2 aromatic heterocycles. The SMILES string of the molecule is c1ccc(-c2ccc(-c3nc(-c4ccccc4)cc(-c4ccc(-c5ccc(-n6c7ccccc7c7ccccc76)c6ccccc56)c5ccccc45)n3)cc2)cc1. The van der Waals surface area contributed by atoms with Crippen molar-refractivity contribution in [3.05, 3.63) is 212 Å². The van der Waals surface area contributed by atoms with E-state index < -0.39 is 0 Å². The lowest BCUT2D eigenvalue weighted by Gasteiger charge is -2.17. The fourth-order valence-electron chi connectivity index (χ4n) is 8.57. The Morgan fingerprint density at radius 2 is 0.702 bits per heavy atom. The molecule has 0 saturated heterocycles. The van der Waals surface area contributed by atoms with E-state index in [1.54, 1.807) is 0 Å². The normalized spacial score (nSPS) is 11.5. The third-order valence-electron chi connectivity index (χ3n) is 11.3. The molecule has 0 aliphatic carbocycles. The van der Waals surface area contributed by atoms with Crippen molar-refractivity contribution in [3.63, 3.8) is 0 Å². The van der Waals surface area contributed by atoms with Crippen molar-refractivity contribution in [1.29, 1.82) is 0 Å². The average Bonchev–Trinajstić information content (AvgIpc) is 3.63. The number of hydrogen-bond donors (Lipinski definition) is 0. The van der Waals surface area contributed by atoms with Gasteiger partial charge in [-0.1, -0.05) is 188 Å². The van der Waals surface area contributed by atoms with Crippen LogP contribution in [0.25, 0.3) is 105 Å². The van der Waals surface area contributed by atoms with E-state index in [1.807, 2.05) is 12.1 Å². The molecule has 0 atom stereocenters. The van der Waals surface area contributed by atoms with Crippen molar-refractivity contribution in [2.24, 2.45) is 0 Å². The van der Waals surface area contributed by atoms with Crippen LogP contribution in [0.4, 0.5) is 0 Å². The highest BCUT2D eigenvalue weighted by molar-refractivity contribution is 6.14. The first-order chi connectivity index (χ1) is 28.3. The number of rotatable bonds is 6. The first kappa shape index (κ1) is 32.8. The van der Waals surface area contributed by atoms with Crippen LogP contribution in [0, 0.1) is 0 Å². The second-order valence-corrected chi connectivity index (χ2v) is 14.5. The smallest absolute Gasteiger partial charge is 0.160 e. The van der Waals surface area contributed by atoms with Crippen molar-refractivity contribution < 1.29 is 0 Å². The van der Waals surface area contributed by atoms with Crippen LogP contribution in [0.5, 0.6) is 0 Å². The molecule has 0 bridgehead atoms. The van der Waals surface area contributed by atoms with Crippen molar-refractivity contribution >= 4 is 43.4 Å². The maximum Gasteiger partial charge on any atom is 0.160 e. The van der Waals surface area contributed by atoms with E-state index in [0.29, 0.717) is 5.82 Å². The summed E-state index contributed by atoms with van der Waals surface area (Å²) in [4.78, 5) is 10.4. The lowest BCUT2D eigenvalue weighted by molar-refractivity contribution is 1.18. The molecule has 0 fully saturated rings. The van der Waals surface area contributed by atoms with E-state index in [1.165, 1.54) is 60.3 Å². The Kier molecular flexibility index (Phi) is 7.82. The molecule has 2 heterocycles. The highest BCUT2D eigenvalue weighted by Crippen LogP contribution is 2.42. The Labute approximate surface area is 330 Å². The second-order valence-electron chi connectivity index (χ2n) is 14.5. The monoisotopic (exact) mass is 725 g/mol. The summed E-state index contributed by atoms with van der Waals surface area (Å²) in [7, 11) is 0. The quantitative estimate of drug-likeness (QED) is 0.171. The molecule has 0 radical (unpaired) electrons. The molecule has 57 heavy (non-hydrogen) atoms. The van der Waals surface area contributed by atoms with Crippen LogP contribution in [0.15, 0.2) is 212 Å². The van der Waals surface area contributed by atoms with Gasteiger partial charge in [-0.15, -0.1) is 0 Å². The Balaban J connectivity index is 1.07. The van der Waals surface area contributed by atoms with Gasteiger partial charge in [-0.25, -0.2) is 9.97 Å². The highest BCUT2D eigenvalue weighted by atomic mass is 15.0. The van der Waals surface area contributed by atoms with Crippen LogP contribution in [-0.2, 0) is 0 Å². The third kappa shape index (κ3) is 5.60. The van der Waals surface area contributed by atoms with Crippen LogP contribution < -0.4 is 0 Å². The molecule has 0 aliphatic heterocycles. The van der Waals surface area contributed by atoms with Gasteiger partial charge in [-0.05, 0) is 62.7 Å². The first-order valence-corrected chi connectivity index (χ1v) is 19.4. The molecule has 9 aromatic carbocycles. The van der Waals surface area contributed by atoms with Crippen LogP contribution in [0.3, 0.4) is 0 Å². The highest BCUT2D eigenvalue weighted by Gasteiger charge is 2.19. The number of fused-ring (bicyclic) bond motifs is 5. The lowest BCUT2D eigenvalue weighted by Crippen LogP contribution is -1.97. The van der Waals surface area contributed by atoms with Gasteiger partial charge in [0.1, 0.15) is 0 Å². The van der Waals surface area contributed by atoms with Crippen LogP contribution in [0.1, 0.15) is 0 Å². The Hall–Kier alpha value is -7.62. The van der Waals surface area contributed by atoms with Crippen molar-refractivity contribution in [2.45, 2.75) is 0 Å². The van der Waals surface area contributed by atoms with Gasteiger partial charge in [-0.2, -0.15) is 0 Å². The fraction of sp³-hybridized carbons (Fsp3) is 0. The third-order valence-corrected chi connectivity index (χ3v) is 11.3. The van der Waals surface area contributed by atoms with Gasteiger partial charge in [0, 0.05) is 32.8 Å². The summed E-state index contributed by atoms with van der Waals surface area (Å²) < 4.78 is 2.42. The summed E-state index contributed by atoms with van der Waals surface area (Å²) in [6.07, 6.45) is 0. The van der Waals surface area contributed by atoms with Crippen molar-refractivity contribution in [3.8, 4) is 61.8 Å². The summed E-state index contributed by atoms with van der Waals surface area (Å²) in [6.45, 7) is 0. The summed E-state index contributed by atoms with van der Waals surface area (Å²) in [5.74, 6) is 0.700. The van der Waals surface area contributed by atoms with E-state index in [9.17, 15) is 0 Å². The number of para-hydroxylation sites is 2. The molecule has 0 N–H and O–H groups in total. The Bertz CT molecular complexity index is 3220. The molecule has 0 spiro atoms. The minimum Gasteiger partial charge on any atom is -0.309 e. The summed E-state index contributed by atoms with van der Waals surface area (Å²) in [6, 6.07) is 75.7. The Morgan fingerprint density at radius 3 is 1.33 bits per heavy atom. The molecular weight excluding hydrogens is 691 g/mol. The zero-order chi connectivity index (χ0) is 37.7. The molecule has 0 amide bonds. The standard InChI is InChI=1S/C54H35N3/c1-3-15-36(16-4-1)37-27-29-39(30-28-37)54-55-49(38-17-5-2-6-18-38)35-50(56-54)45-32-31-43(40-19-7-8-20-41(40)45)44-33-34-53(46-22-10-9-21-42(44)46)57-51-25-13-11-23-47(51)48-24-12-14-26-52(48)57/h1-35H. The molecule has 0 saturated carbocycles. The second kappa shape index (κ2) is 13.6.